The van der Waals surface area contributed by atoms with Crippen molar-refractivity contribution in [2.45, 2.75) is 31.0 Å². The summed E-state index contributed by atoms with van der Waals surface area (Å²) >= 11 is 0. The van der Waals surface area contributed by atoms with Gasteiger partial charge in [-0.25, -0.2) is 8.42 Å². The number of aryl methyl sites for hydroxylation is 1. The third kappa shape index (κ3) is 4.71. The monoisotopic (exact) mass is 332 g/mol. The Morgan fingerprint density at radius 1 is 1.45 bits per heavy atom. The number of nitrogens with zero attached hydrogens (tertiary/aromatic N) is 1. The Morgan fingerprint density at radius 3 is 2.50 bits per heavy atom. The molecule has 10 heteroatoms. The first-order valence-electron chi connectivity index (χ1n) is 5.54. The van der Waals surface area contributed by atoms with Crippen LogP contribution in [-0.4, -0.2) is 31.6 Å². The zero-order valence-corrected chi connectivity index (χ0v) is 11.9. The van der Waals surface area contributed by atoms with Crippen molar-refractivity contribution in [1.29, 1.82) is 0 Å². The Balaban J connectivity index is 2.85. The van der Waals surface area contributed by atoms with Crippen molar-refractivity contribution >= 4 is 25.6 Å². The van der Waals surface area contributed by atoms with Gasteiger partial charge < -0.3 is 9.88 Å². The molecular weight excluding hydrogens is 321 g/mol. The first-order valence-corrected chi connectivity index (χ1v) is 7.85. The van der Waals surface area contributed by atoms with Crippen LogP contribution in [0.4, 0.5) is 13.2 Å². The van der Waals surface area contributed by atoms with Crippen molar-refractivity contribution in [2.24, 2.45) is 0 Å². The molecule has 0 bridgehead atoms. The van der Waals surface area contributed by atoms with Gasteiger partial charge in [0.15, 0.2) is 0 Å². The lowest BCUT2D eigenvalue weighted by Crippen LogP contribution is -2.29. The van der Waals surface area contributed by atoms with Crippen LogP contribution in [0.5, 0.6) is 0 Å². The lowest BCUT2D eigenvalue weighted by atomic mass is 10.3. The molecule has 0 aliphatic heterocycles. The summed E-state index contributed by atoms with van der Waals surface area (Å²) in [5.41, 5.74) is -0.0612. The number of nitrogens with one attached hydrogen (secondary N) is 1. The van der Waals surface area contributed by atoms with Gasteiger partial charge in [-0.1, -0.05) is 0 Å². The van der Waals surface area contributed by atoms with Crippen molar-refractivity contribution in [2.75, 3.05) is 6.54 Å². The Morgan fingerprint density at radius 2 is 2.05 bits per heavy atom. The maximum absolute atomic E-state index is 12.0. The minimum absolute atomic E-state index is 0.0612. The minimum Gasteiger partial charge on any atom is -0.350 e. The van der Waals surface area contributed by atoms with Crippen LogP contribution in [0, 0.1) is 0 Å². The summed E-state index contributed by atoms with van der Waals surface area (Å²) in [5, 5.41) is 2.08. The van der Waals surface area contributed by atoms with Gasteiger partial charge in [-0.05, 0) is 13.0 Å². The number of alkyl halides is 3. The summed E-state index contributed by atoms with van der Waals surface area (Å²) in [4.78, 5) is 11.4. The van der Waals surface area contributed by atoms with Gasteiger partial charge in [0.2, 0.25) is 0 Å². The van der Waals surface area contributed by atoms with E-state index in [1.807, 2.05) is 0 Å². The third-order valence-electron chi connectivity index (χ3n) is 2.42. The molecule has 20 heavy (non-hydrogen) atoms. The summed E-state index contributed by atoms with van der Waals surface area (Å²) in [6.07, 6.45) is -4.38. The van der Waals surface area contributed by atoms with Gasteiger partial charge in [0.05, 0.1) is 6.42 Å². The number of hydrogen-bond acceptors (Lipinski definition) is 3. The van der Waals surface area contributed by atoms with E-state index in [2.05, 4.69) is 5.32 Å². The molecule has 1 rings (SSSR count). The van der Waals surface area contributed by atoms with Crippen LogP contribution in [0.2, 0.25) is 0 Å². The minimum atomic E-state index is -4.37. The van der Waals surface area contributed by atoms with Crippen LogP contribution in [0.15, 0.2) is 17.2 Å². The highest BCUT2D eigenvalue weighted by molar-refractivity contribution is 8.13. The van der Waals surface area contributed by atoms with E-state index in [1.54, 1.807) is 6.92 Å². The third-order valence-corrected chi connectivity index (χ3v) is 3.74. The Kier molecular flexibility index (Phi) is 5.09. The van der Waals surface area contributed by atoms with E-state index in [0.29, 0.717) is 0 Å². The van der Waals surface area contributed by atoms with Crippen molar-refractivity contribution in [3.05, 3.63) is 18.0 Å². The van der Waals surface area contributed by atoms with E-state index < -0.39 is 34.1 Å². The molecule has 0 aliphatic carbocycles. The molecule has 1 amide bonds. The van der Waals surface area contributed by atoms with Crippen molar-refractivity contribution in [3.8, 4) is 0 Å². The predicted molar refractivity (Wildman–Crippen MR) is 66.2 cm³/mol. The second kappa shape index (κ2) is 6.04. The summed E-state index contributed by atoms with van der Waals surface area (Å²) in [6, 6.07) is 1.02. The van der Waals surface area contributed by atoms with Crippen molar-refractivity contribution < 1.29 is 26.4 Å². The maximum atomic E-state index is 12.0. The zero-order chi connectivity index (χ0) is 15.6. The normalized spacial score (nSPS) is 12.4. The number of amides is 1. The average Bonchev–Trinajstić information content (AvgIpc) is 2.70. The van der Waals surface area contributed by atoms with Gasteiger partial charge in [0, 0.05) is 30.0 Å². The van der Waals surface area contributed by atoms with Gasteiger partial charge in [-0.2, -0.15) is 13.2 Å². The highest BCUT2D eigenvalue weighted by Crippen LogP contribution is 2.20. The number of aromatic nitrogens is 1. The van der Waals surface area contributed by atoms with E-state index in [9.17, 15) is 26.4 Å². The molecular formula is C10H12ClF3N2O3S. The molecule has 0 saturated carbocycles. The standard InChI is InChI=1S/C10H12ClF3N2O3S/c1-2-16-6-7(20(11,18)19)5-8(16)9(17)15-4-3-10(12,13)14/h5-6H,2-4H2,1H3,(H,15,17). The molecule has 1 aromatic rings. The summed E-state index contributed by atoms with van der Waals surface area (Å²) < 4.78 is 59.5. The first kappa shape index (κ1) is 16.8. The molecule has 1 N–H and O–H groups in total. The van der Waals surface area contributed by atoms with Gasteiger partial charge in [-0.15, -0.1) is 0 Å². The summed E-state index contributed by atoms with van der Waals surface area (Å²) in [7, 11) is 1.15. The molecule has 0 aromatic carbocycles. The lowest BCUT2D eigenvalue weighted by molar-refractivity contribution is -0.133. The summed E-state index contributed by atoms with van der Waals surface area (Å²) in [6.45, 7) is 1.34. The average molecular weight is 333 g/mol. The van der Waals surface area contributed by atoms with Gasteiger partial charge >= 0.3 is 6.18 Å². The van der Waals surface area contributed by atoms with E-state index in [-0.39, 0.29) is 17.1 Å². The van der Waals surface area contributed by atoms with Crippen LogP contribution in [0.25, 0.3) is 0 Å². The Bertz CT molecular complexity index is 595. The van der Waals surface area contributed by atoms with Crippen LogP contribution in [0.1, 0.15) is 23.8 Å². The molecule has 0 aliphatic rings. The second-order valence-electron chi connectivity index (χ2n) is 3.91. The van der Waals surface area contributed by atoms with Crippen LogP contribution in [-0.2, 0) is 15.6 Å². The first-order chi connectivity index (χ1) is 9.04. The molecule has 5 nitrogen and oxygen atoms in total. The Labute approximate surface area is 118 Å². The molecule has 0 spiro atoms. The van der Waals surface area contributed by atoms with Gasteiger partial charge in [-0.3, -0.25) is 4.79 Å². The number of rotatable bonds is 5. The fourth-order valence-electron chi connectivity index (χ4n) is 1.48. The highest BCUT2D eigenvalue weighted by atomic mass is 35.7. The van der Waals surface area contributed by atoms with Gasteiger partial charge in [0.1, 0.15) is 10.6 Å². The lowest BCUT2D eigenvalue weighted by Gasteiger charge is -2.09. The molecule has 114 valence electrons. The fraction of sp³-hybridized carbons (Fsp3) is 0.500. The van der Waals surface area contributed by atoms with Crippen molar-refractivity contribution in [3.63, 3.8) is 0 Å². The number of carbonyl (C=O) groups excluding carboxylic acids is 1. The van der Waals surface area contributed by atoms with E-state index in [4.69, 9.17) is 10.7 Å². The molecule has 0 unspecified atom stereocenters. The molecule has 0 atom stereocenters. The number of hydrogen-bond donors (Lipinski definition) is 1. The molecule has 0 radical (unpaired) electrons. The second-order valence-corrected chi connectivity index (χ2v) is 6.47. The molecule has 0 saturated heterocycles. The molecule has 1 heterocycles. The largest absolute Gasteiger partial charge is 0.390 e. The SMILES string of the molecule is CCn1cc(S(=O)(=O)Cl)cc1C(=O)NCCC(F)(F)F. The van der Waals surface area contributed by atoms with Crippen LogP contribution >= 0.6 is 10.7 Å². The smallest absolute Gasteiger partial charge is 0.350 e. The zero-order valence-electron chi connectivity index (χ0n) is 10.4. The van der Waals surface area contributed by atoms with Crippen LogP contribution in [0.3, 0.4) is 0 Å². The maximum Gasteiger partial charge on any atom is 0.390 e. The fourth-order valence-corrected chi connectivity index (χ4v) is 2.24. The number of carbonyl (C=O) groups is 1. The summed E-state index contributed by atoms with van der Waals surface area (Å²) in [5.74, 6) is -0.789. The highest BCUT2D eigenvalue weighted by Gasteiger charge is 2.27. The van der Waals surface area contributed by atoms with E-state index in [0.717, 1.165) is 12.3 Å². The van der Waals surface area contributed by atoms with E-state index in [1.165, 1.54) is 4.57 Å². The number of halogens is 4. The molecule has 1 aromatic heterocycles. The predicted octanol–water partition coefficient (Wildman–Crippen LogP) is 2.12. The topological polar surface area (TPSA) is 68.2 Å². The van der Waals surface area contributed by atoms with Crippen LogP contribution < -0.4 is 5.32 Å². The molecule has 0 fully saturated rings. The van der Waals surface area contributed by atoms with Crippen molar-refractivity contribution in [1.82, 2.24) is 9.88 Å². The van der Waals surface area contributed by atoms with Gasteiger partial charge in [0.25, 0.3) is 15.0 Å². The quantitative estimate of drug-likeness (QED) is 0.840. The Hall–Kier alpha value is -1.22. The van der Waals surface area contributed by atoms with E-state index >= 15 is 0 Å².